The van der Waals surface area contributed by atoms with Crippen LogP contribution in [0.3, 0.4) is 0 Å². The number of nitrogens with zero attached hydrogens (tertiary/aromatic N) is 5. The van der Waals surface area contributed by atoms with Crippen LogP contribution in [0.15, 0.2) is 23.6 Å². The molecular formula is C13H16ClN5S. The summed E-state index contributed by atoms with van der Waals surface area (Å²) in [6, 6.07) is 2.04. The van der Waals surface area contributed by atoms with Crippen LogP contribution >= 0.6 is 23.4 Å². The highest BCUT2D eigenvalue weighted by Crippen LogP contribution is 2.26. The summed E-state index contributed by atoms with van der Waals surface area (Å²) < 4.78 is 1.91. The number of thioether (sulfide) groups is 1. The molecule has 0 N–H and O–H groups in total. The van der Waals surface area contributed by atoms with Crippen LogP contribution in [-0.4, -0.2) is 39.1 Å². The predicted octanol–water partition coefficient (Wildman–Crippen LogP) is 2.49. The average molecular weight is 310 g/mol. The summed E-state index contributed by atoms with van der Waals surface area (Å²) >= 11 is 7.45. The summed E-state index contributed by atoms with van der Waals surface area (Å²) in [5, 5.41) is 5.74. The first kappa shape index (κ1) is 13.7. The summed E-state index contributed by atoms with van der Waals surface area (Å²) in [6.45, 7) is 4.92. The molecule has 5 nitrogen and oxygen atoms in total. The monoisotopic (exact) mass is 309 g/mol. The second-order valence-corrected chi connectivity index (χ2v) is 6.22. The van der Waals surface area contributed by atoms with Gasteiger partial charge in [0.25, 0.3) is 0 Å². The Morgan fingerprint density at radius 1 is 1.40 bits per heavy atom. The van der Waals surface area contributed by atoms with Gasteiger partial charge in [0.15, 0.2) is 5.16 Å². The third-order valence-corrected chi connectivity index (χ3v) is 4.07. The minimum atomic E-state index is 0.596. The minimum Gasteiger partial charge on any atom is -0.356 e. The zero-order chi connectivity index (χ0) is 14.1. The molecule has 7 heteroatoms. The molecule has 0 amide bonds. The van der Waals surface area contributed by atoms with Crippen LogP contribution in [-0.2, 0) is 6.54 Å². The van der Waals surface area contributed by atoms with Crippen molar-refractivity contribution in [3.8, 4) is 0 Å². The lowest BCUT2D eigenvalue weighted by Gasteiger charge is -2.40. The maximum absolute atomic E-state index is 5.87. The summed E-state index contributed by atoms with van der Waals surface area (Å²) in [6.07, 6.45) is 5.54. The van der Waals surface area contributed by atoms with Crippen LogP contribution in [0, 0.1) is 12.8 Å². The number of aryl methyl sites for hydroxylation is 1. The molecule has 0 aromatic carbocycles. The first-order chi connectivity index (χ1) is 9.64. The molecular weight excluding hydrogens is 294 g/mol. The van der Waals surface area contributed by atoms with Gasteiger partial charge >= 0.3 is 0 Å². The fraction of sp³-hybridized carbons (Fsp3) is 0.462. The standard InChI is InChI=1S/C13H16ClN5S/c1-9-3-12(17-13(16-9)20-2)18-5-10(6-18)7-19-8-11(14)4-15-19/h3-4,8,10H,5-7H2,1-2H3. The van der Waals surface area contributed by atoms with Crippen molar-refractivity contribution in [1.29, 1.82) is 0 Å². The summed E-state index contributed by atoms with van der Waals surface area (Å²) in [5.74, 6) is 1.62. The Kier molecular flexibility index (Phi) is 3.85. The topological polar surface area (TPSA) is 46.8 Å². The first-order valence-corrected chi connectivity index (χ1v) is 8.07. The third-order valence-electron chi connectivity index (χ3n) is 3.33. The van der Waals surface area contributed by atoms with Crippen molar-refractivity contribution in [2.45, 2.75) is 18.6 Å². The molecule has 0 radical (unpaired) electrons. The van der Waals surface area contributed by atoms with Crippen LogP contribution in [0.4, 0.5) is 5.82 Å². The lowest BCUT2D eigenvalue weighted by molar-refractivity contribution is 0.339. The SMILES string of the molecule is CSc1nc(C)cc(N2CC(Cn3cc(Cl)cn3)C2)n1. The molecule has 2 aromatic rings. The summed E-state index contributed by atoms with van der Waals surface area (Å²) in [5.41, 5.74) is 1.02. The van der Waals surface area contributed by atoms with Crippen LogP contribution in [0.25, 0.3) is 0 Å². The normalized spacial score (nSPS) is 15.4. The molecule has 0 bridgehead atoms. The van der Waals surface area contributed by atoms with Gasteiger partial charge in [-0.05, 0) is 13.2 Å². The van der Waals surface area contributed by atoms with Gasteiger partial charge in [-0.15, -0.1) is 0 Å². The molecule has 2 aromatic heterocycles. The van der Waals surface area contributed by atoms with E-state index in [0.29, 0.717) is 10.9 Å². The van der Waals surface area contributed by atoms with E-state index in [-0.39, 0.29) is 0 Å². The molecule has 0 aliphatic carbocycles. The Labute approximate surface area is 127 Å². The van der Waals surface area contributed by atoms with E-state index in [9.17, 15) is 0 Å². The zero-order valence-electron chi connectivity index (χ0n) is 11.5. The van der Waals surface area contributed by atoms with Crippen LogP contribution in [0.5, 0.6) is 0 Å². The van der Waals surface area contributed by atoms with Gasteiger partial charge in [-0.25, -0.2) is 9.97 Å². The van der Waals surface area contributed by atoms with E-state index in [1.165, 1.54) is 0 Å². The number of aromatic nitrogens is 4. The van der Waals surface area contributed by atoms with Gasteiger partial charge in [0, 0.05) is 43.5 Å². The van der Waals surface area contributed by atoms with Gasteiger partial charge in [0.1, 0.15) is 5.82 Å². The molecule has 3 heterocycles. The maximum Gasteiger partial charge on any atom is 0.189 e. The third kappa shape index (κ3) is 2.91. The van der Waals surface area contributed by atoms with E-state index < -0.39 is 0 Å². The molecule has 0 saturated carbocycles. The van der Waals surface area contributed by atoms with Crippen molar-refractivity contribution in [3.63, 3.8) is 0 Å². The average Bonchev–Trinajstić information content (AvgIpc) is 2.78. The van der Waals surface area contributed by atoms with E-state index in [2.05, 4.69) is 20.0 Å². The number of hydrogen-bond acceptors (Lipinski definition) is 5. The van der Waals surface area contributed by atoms with Crippen molar-refractivity contribution < 1.29 is 0 Å². The largest absolute Gasteiger partial charge is 0.356 e. The van der Waals surface area contributed by atoms with Gasteiger partial charge in [-0.2, -0.15) is 5.10 Å². The molecule has 106 valence electrons. The van der Waals surface area contributed by atoms with Crippen molar-refractivity contribution in [2.75, 3.05) is 24.2 Å². The lowest BCUT2D eigenvalue weighted by Crippen LogP contribution is -2.49. The van der Waals surface area contributed by atoms with E-state index in [1.54, 1.807) is 18.0 Å². The molecule has 0 atom stereocenters. The minimum absolute atomic E-state index is 0.596. The molecule has 3 rings (SSSR count). The maximum atomic E-state index is 5.87. The Hall–Kier alpha value is -1.27. The zero-order valence-corrected chi connectivity index (χ0v) is 13.0. The highest BCUT2D eigenvalue weighted by atomic mass is 35.5. The number of hydrogen-bond donors (Lipinski definition) is 0. The molecule has 1 aliphatic rings. The Morgan fingerprint density at radius 3 is 2.85 bits per heavy atom. The van der Waals surface area contributed by atoms with Crippen molar-refractivity contribution in [3.05, 3.63) is 29.2 Å². The predicted molar refractivity (Wildman–Crippen MR) is 81.5 cm³/mol. The van der Waals surface area contributed by atoms with Crippen molar-refractivity contribution in [1.82, 2.24) is 19.7 Å². The highest BCUT2D eigenvalue weighted by molar-refractivity contribution is 7.98. The second kappa shape index (κ2) is 5.61. The Balaban J connectivity index is 1.61. The fourth-order valence-corrected chi connectivity index (χ4v) is 2.93. The number of anilines is 1. The fourth-order valence-electron chi connectivity index (χ4n) is 2.35. The molecule has 20 heavy (non-hydrogen) atoms. The molecule has 0 spiro atoms. The first-order valence-electron chi connectivity index (χ1n) is 6.46. The summed E-state index contributed by atoms with van der Waals surface area (Å²) in [7, 11) is 0. The van der Waals surface area contributed by atoms with Gasteiger partial charge in [-0.3, -0.25) is 4.68 Å². The highest BCUT2D eigenvalue weighted by Gasteiger charge is 2.28. The number of rotatable bonds is 4. The van der Waals surface area contributed by atoms with Gasteiger partial charge in [-0.1, -0.05) is 23.4 Å². The van der Waals surface area contributed by atoms with E-state index in [4.69, 9.17) is 11.6 Å². The molecule has 1 fully saturated rings. The smallest absolute Gasteiger partial charge is 0.189 e. The quantitative estimate of drug-likeness (QED) is 0.641. The van der Waals surface area contributed by atoms with Crippen LogP contribution in [0.2, 0.25) is 5.02 Å². The van der Waals surface area contributed by atoms with Crippen molar-refractivity contribution in [2.24, 2.45) is 5.92 Å². The van der Waals surface area contributed by atoms with E-state index >= 15 is 0 Å². The molecule has 1 saturated heterocycles. The van der Waals surface area contributed by atoms with Crippen LogP contribution < -0.4 is 4.90 Å². The van der Waals surface area contributed by atoms with Gasteiger partial charge < -0.3 is 4.90 Å². The van der Waals surface area contributed by atoms with Gasteiger partial charge in [0.05, 0.1) is 11.2 Å². The summed E-state index contributed by atoms with van der Waals surface area (Å²) in [4.78, 5) is 11.2. The van der Waals surface area contributed by atoms with E-state index in [0.717, 1.165) is 36.3 Å². The number of halogens is 1. The second-order valence-electron chi connectivity index (χ2n) is 5.01. The Bertz CT molecular complexity index is 609. The molecule has 1 aliphatic heterocycles. The molecule has 0 unspecified atom stereocenters. The Morgan fingerprint density at radius 2 is 2.20 bits per heavy atom. The lowest BCUT2D eigenvalue weighted by atomic mass is 10.0. The van der Waals surface area contributed by atoms with Gasteiger partial charge in [0.2, 0.25) is 0 Å². The van der Waals surface area contributed by atoms with E-state index in [1.807, 2.05) is 30.1 Å². The van der Waals surface area contributed by atoms with Crippen LogP contribution in [0.1, 0.15) is 5.69 Å². The van der Waals surface area contributed by atoms with Crippen molar-refractivity contribution >= 4 is 29.2 Å².